The van der Waals surface area contributed by atoms with Crippen molar-refractivity contribution < 1.29 is 19.1 Å². The molecule has 0 spiro atoms. The normalized spacial score (nSPS) is 18.0. The minimum atomic E-state index is -0.630. The lowest BCUT2D eigenvalue weighted by Gasteiger charge is -2.29. The van der Waals surface area contributed by atoms with Crippen molar-refractivity contribution in [1.82, 2.24) is 19.8 Å². The number of methoxy groups -OCH3 is 1. The Bertz CT molecular complexity index is 1260. The van der Waals surface area contributed by atoms with E-state index in [0.717, 1.165) is 33.8 Å². The molecule has 5 rings (SSSR count). The molecule has 0 aliphatic carbocycles. The van der Waals surface area contributed by atoms with Gasteiger partial charge in [-0.2, -0.15) is 0 Å². The van der Waals surface area contributed by atoms with Crippen LogP contribution in [0.3, 0.4) is 0 Å². The van der Waals surface area contributed by atoms with E-state index in [4.69, 9.17) is 4.74 Å². The summed E-state index contributed by atoms with van der Waals surface area (Å²) < 4.78 is 7.49. The number of hydrogen-bond donors (Lipinski definition) is 1. The van der Waals surface area contributed by atoms with E-state index in [2.05, 4.69) is 10.3 Å². The molecule has 0 radical (unpaired) electrons. The van der Waals surface area contributed by atoms with Crippen molar-refractivity contribution in [1.29, 1.82) is 0 Å². The molecule has 0 bridgehead atoms. The van der Waals surface area contributed by atoms with Gasteiger partial charge in [-0.05, 0) is 36.2 Å². The number of aryl methyl sites for hydroxylation is 1. The van der Waals surface area contributed by atoms with Crippen LogP contribution in [0.5, 0.6) is 5.75 Å². The number of nitrogens with one attached hydrogen (secondary N) is 1. The highest BCUT2D eigenvalue weighted by molar-refractivity contribution is 6.05. The van der Waals surface area contributed by atoms with Gasteiger partial charge in [0.1, 0.15) is 11.8 Å². The molecular weight excluding hydrogens is 408 g/mol. The number of amides is 3. The number of benzene rings is 2. The van der Waals surface area contributed by atoms with Gasteiger partial charge in [0.05, 0.1) is 24.8 Å². The topological polar surface area (TPSA) is 93.5 Å². The molecule has 2 aliphatic heterocycles. The van der Waals surface area contributed by atoms with Crippen LogP contribution in [0.1, 0.15) is 28.8 Å². The summed E-state index contributed by atoms with van der Waals surface area (Å²) in [5.41, 5.74) is 4.91. The predicted molar refractivity (Wildman–Crippen MR) is 117 cm³/mol. The molecule has 1 N–H and O–H groups in total. The zero-order valence-corrected chi connectivity index (χ0v) is 17.8. The number of hydrogen-bond acceptors (Lipinski definition) is 5. The number of carbonyl (C=O) groups excluding carboxylic acids is 3. The summed E-state index contributed by atoms with van der Waals surface area (Å²) in [6, 6.07) is 12.8. The first kappa shape index (κ1) is 20.0. The third-order valence-electron chi connectivity index (χ3n) is 6.10. The van der Waals surface area contributed by atoms with Crippen molar-refractivity contribution in [3.05, 3.63) is 59.9 Å². The SMILES string of the molecule is COc1ccccc1-c1c(-c2ccc3c(c2)CN(C2CCC(=O)NC2=O)C3=O)ncn1C. The molecule has 32 heavy (non-hydrogen) atoms. The number of piperidine rings is 1. The van der Waals surface area contributed by atoms with E-state index in [9.17, 15) is 14.4 Å². The maximum atomic E-state index is 13.0. The summed E-state index contributed by atoms with van der Waals surface area (Å²) in [6.45, 7) is 0.325. The van der Waals surface area contributed by atoms with Crippen LogP contribution in [0.15, 0.2) is 48.8 Å². The van der Waals surface area contributed by atoms with Crippen molar-refractivity contribution >= 4 is 17.7 Å². The van der Waals surface area contributed by atoms with Gasteiger partial charge >= 0.3 is 0 Å². The van der Waals surface area contributed by atoms with Gasteiger partial charge in [-0.25, -0.2) is 4.98 Å². The second-order valence-electron chi connectivity index (χ2n) is 8.02. The number of imidazole rings is 1. The minimum absolute atomic E-state index is 0.188. The Morgan fingerprint density at radius 1 is 1.09 bits per heavy atom. The summed E-state index contributed by atoms with van der Waals surface area (Å²) in [4.78, 5) is 42.9. The Morgan fingerprint density at radius 3 is 2.69 bits per heavy atom. The number of rotatable bonds is 4. The summed E-state index contributed by atoms with van der Waals surface area (Å²) in [5, 5.41) is 2.33. The highest BCUT2D eigenvalue weighted by atomic mass is 16.5. The van der Waals surface area contributed by atoms with Crippen molar-refractivity contribution in [2.75, 3.05) is 7.11 Å². The fraction of sp³-hybridized carbons (Fsp3) is 0.250. The number of aromatic nitrogens is 2. The molecule has 3 aromatic rings. The van der Waals surface area contributed by atoms with E-state index in [1.165, 1.54) is 0 Å². The molecule has 3 amide bonds. The first-order chi connectivity index (χ1) is 15.5. The molecule has 2 aromatic carbocycles. The third-order valence-corrected chi connectivity index (χ3v) is 6.10. The average molecular weight is 430 g/mol. The Hall–Kier alpha value is -3.94. The highest BCUT2D eigenvalue weighted by Crippen LogP contribution is 2.38. The summed E-state index contributed by atoms with van der Waals surface area (Å²) >= 11 is 0. The molecule has 8 nitrogen and oxygen atoms in total. The van der Waals surface area contributed by atoms with E-state index in [-0.39, 0.29) is 18.2 Å². The number of fused-ring (bicyclic) bond motifs is 1. The molecular formula is C24H22N4O4. The number of carbonyl (C=O) groups is 3. The van der Waals surface area contributed by atoms with Crippen LogP contribution in [0, 0.1) is 0 Å². The lowest BCUT2D eigenvalue weighted by Crippen LogP contribution is -2.52. The van der Waals surface area contributed by atoms with Gasteiger partial charge in [0.25, 0.3) is 5.91 Å². The van der Waals surface area contributed by atoms with Crippen molar-refractivity contribution in [2.45, 2.75) is 25.4 Å². The standard InChI is InChI=1S/C24H22N4O4/c1-27-13-25-21(22(27)17-5-3-4-6-19(17)32-2)14-7-8-16-15(11-14)12-28(24(16)31)18-9-10-20(29)26-23(18)30/h3-8,11,13,18H,9-10,12H2,1-2H3,(H,26,29,30). The maximum Gasteiger partial charge on any atom is 0.255 e. The fourth-order valence-electron chi connectivity index (χ4n) is 4.52. The van der Waals surface area contributed by atoms with Crippen LogP contribution < -0.4 is 10.1 Å². The van der Waals surface area contributed by atoms with E-state index in [1.54, 1.807) is 24.4 Å². The smallest absolute Gasteiger partial charge is 0.255 e. The molecule has 1 unspecified atom stereocenters. The van der Waals surface area contributed by atoms with Crippen LogP contribution in [0.25, 0.3) is 22.5 Å². The summed E-state index contributed by atoms with van der Waals surface area (Å²) in [6.07, 6.45) is 2.33. The molecule has 1 saturated heterocycles. The fourth-order valence-corrected chi connectivity index (χ4v) is 4.52. The number of ether oxygens (including phenoxy) is 1. The zero-order chi connectivity index (χ0) is 22.4. The first-order valence-electron chi connectivity index (χ1n) is 10.4. The number of nitrogens with zero attached hydrogens (tertiary/aromatic N) is 3. The van der Waals surface area contributed by atoms with E-state index in [0.29, 0.717) is 18.5 Å². The minimum Gasteiger partial charge on any atom is -0.496 e. The largest absolute Gasteiger partial charge is 0.496 e. The Labute approximate surface area is 184 Å². The Kier molecular flexibility index (Phi) is 4.77. The quantitative estimate of drug-likeness (QED) is 0.642. The number of para-hydroxylation sites is 1. The molecule has 0 saturated carbocycles. The van der Waals surface area contributed by atoms with Gasteiger partial charge in [-0.1, -0.05) is 18.2 Å². The summed E-state index contributed by atoms with van der Waals surface area (Å²) in [5.74, 6) is -0.146. The third kappa shape index (κ3) is 3.15. The van der Waals surface area contributed by atoms with Gasteiger partial charge in [-0.15, -0.1) is 0 Å². The van der Waals surface area contributed by atoms with E-state index >= 15 is 0 Å². The monoisotopic (exact) mass is 430 g/mol. The van der Waals surface area contributed by atoms with Gasteiger partial charge in [-0.3, -0.25) is 19.7 Å². The first-order valence-corrected chi connectivity index (χ1v) is 10.4. The maximum absolute atomic E-state index is 13.0. The van der Waals surface area contributed by atoms with Gasteiger partial charge in [0.2, 0.25) is 11.8 Å². The highest BCUT2D eigenvalue weighted by Gasteiger charge is 2.39. The van der Waals surface area contributed by atoms with Crippen molar-refractivity contribution in [3.8, 4) is 28.3 Å². The second-order valence-corrected chi connectivity index (χ2v) is 8.02. The van der Waals surface area contributed by atoms with Crippen LogP contribution in [-0.2, 0) is 23.2 Å². The average Bonchev–Trinajstić information content (AvgIpc) is 3.33. The molecule has 2 aliphatic rings. The number of imide groups is 1. The second kappa shape index (κ2) is 7.64. The zero-order valence-electron chi connectivity index (χ0n) is 17.8. The summed E-state index contributed by atoms with van der Waals surface area (Å²) in [7, 11) is 3.57. The molecule has 1 atom stereocenters. The van der Waals surface area contributed by atoms with Crippen molar-refractivity contribution in [2.24, 2.45) is 7.05 Å². The van der Waals surface area contributed by atoms with Crippen LogP contribution in [0.4, 0.5) is 0 Å². The van der Waals surface area contributed by atoms with Gasteiger partial charge in [0.15, 0.2) is 0 Å². The van der Waals surface area contributed by atoms with E-state index < -0.39 is 11.9 Å². The Morgan fingerprint density at radius 2 is 1.91 bits per heavy atom. The molecule has 8 heteroatoms. The lowest BCUT2D eigenvalue weighted by atomic mass is 10.00. The van der Waals surface area contributed by atoms with Crippen LogP contribution in [0.2, 0.25) is 0 Å². The van der Waals surface area contributed by atoms with Crippen LogP contribution >= 0.6 is 0 Å². The van der Waals surface area contributed by atoms with Crippen molar-refractivity contribution in [3.63, 3.8) is 0 Å². The Balaban J connectivity index is 1.51. The van der Waals surface area contributed by atoms with E-state index in [1.807, 2.05) is 48.0 Å². The van der Waals surface area contributed by atoms with Gasteiger partial charge in [0, 0.05) is 36.7 Å². The molecule has 3 heterocycles. The predicted octanol–water partition coefficient (Wildman–Crippen LogP) is 2.52. The molecule has 1 fully saturated rings. The molecule has 162 valence electrons. The van der Waals surface area contributed by atoms with Gasteiger partial charge < -0.3 is 14.2 Å². The van der Waals surface area contributed by atoms with Crippen LogP contribution in [-0.4, -0.2) is 45.3 Å². The molecule has 1 aromatic heterocycles. The lowest BCUT2D eigenvalue weighted by molar-refractivity contribution is -0.136.